The fourth-order valence-corrected chi connectivity index (χ4v) is 4.51. The van der Waals surface area contributed by atoms with Crippen molar-refractivity contribution in [2.75, 3.05) is 6.61 Å². The molecule has 0 saturated heterocycles. The van der Waals surface area contributed by atoms with Crippen LogP contribution in [0.15, 0.2) is 36.5 Å². The smallest absolute Gasteiger partial charge is 0.308 e. The van der Waals surface area contributed by atoms with Gasteiger partial charge in [0, 0.05) is 29.1 Å². The molecule has 158 valence electrons. The number of carbonyl (C=O) groups is 1. The fraction of sp³-hybridized carbons (Fsp3) is 0.500. The van der Waals surface area contributed by atoms with E-state index in [1.165, 1.54) is 24.6 Å². The summed E-state index contributed by atoms with van der Waals surface area (Å²) in [6, 6.07) is 10.4. The van der Waals surface area contributed by atoms with Crippen LogP contribution in [-0.2, 0) is 16.0 Å². The molecule has 2 aliphatic carbocycles. The lowest BCUT2D eigenvalue weighted by Gasteiger charge is -2.28. The van der Waals surface area contributed by atoms with Gasteiger partial charge in [-0.25, -0.2) is 0 Å². The molecular weight excluding hydrogens is 372 g/mol. The molecule has 0 atom stereocenters. The average Bonchev–Trinajstić information content (AvgIpc) is 3.51. The molecule has 0 radical (unpaired) electrons. The maximum Gasteiger partial charge on any atom is 0.308 e. The summed E-state index contributed by atoms with van der Waals surface area (Å²) < 4.78 is 5.59. The number of nitrogens with zero attached hydrogens (tertiary/aromatic N) is 1. The van der Waals surface area contributed by atoms with E-state index >= 15 is 0 Å². The van der Waals surface area contributed by atoms with Gasteiger partial charge in [0.05, 0.1) is 12.5 Å². The summed E-state index contributed by atoms with van der Waals surface area (Å²) in [4.78, 5) is 16.8. The minimum atomic E-state index is 0.0120. The molecule has 1 heterocycles. The molecule has 2 aliphatic rings. The van der Waals surface area contributed by atoms with Crippen molar-refractivity contribution in [3.8, 4) is 11.1 Å². The normalized spacial score (nSPS) is 22.3. The zero-order chi connectivity index (χ0) is 21.1. The Kier molecular flexibility index (Phi) is 6.03. The van der Waals surface area contributed by atoms with Gasteiger partial charge in [0.25, 0.3) is 0 Å². The maximum absolute atomic E-state index is 12.4. The SMILES string of the molecule is Cc1ncccc1-c1ccc(CC2CCC(C(=O)OCC3(C)CC3)CC2)c(C=N)c1. The largest absolute Gasteiger partial charge is 0.465 e. The van der Waals surface area contributed by atoms with Crippen molar-refractivity contribution >= 4 is 12.2 Å². The van der Waals surface area contributed by atoms with Gasteiger partial charge in [-0.3, -0.25) is 9.78 Å². The molecule has 1 N–H and O–H groups in total. The number of aryl methyl sites for hydroxylation is 1. The van der Waals surface area contributed by atoms with Crippen LogP contribution < -0.4 is 0 Å². The number of carbonyl (C=O) groups excluding carboxylic acids is 1. The number of aromatic nitrogens is 1. The minimum absolute atomic E-state index is 0.0120. The van der Waals surface area contributed by atoms with Gasteiger partial charge in [0.15, 0.2) is 0 Å². The molecule has 2 aromatic rings. The Balaban J connectivity index is 1.35. The highest BCUT2D eigenvalue weighted by Crippen LogP contribution is 2.45. The number of pyridine rings is 1. The third-order valence-electron chi connectivity index (χ3n) is 6.97. The summed E-state index contributed by atoms with van der Waals surface area (Å²) in [5.41, 5.74) is 5.70. The highest BCUT2D eigenvalue weighted by atomic mass is 16.5. The lowest BCUT2D eigenvalue weighted by atomic mass is 9.78. The van der Waals surface area contributed by atoms with E-state index in [4.69, 9.17) is 10.1 Å². The highest BCUT2D eigenvalue weighted by molar-refractivity contribution is 5.83. The van der Waals surface area contributed by atoms with Crippen molar-refractivity contribution in [2.45, 2.75) is 58.8 Å². The summed E-state index contributed by atoms with van der Waals surface area (Å²) in [5.74, 6) is 0.652. The molecule has 30 heavy (non-hydrogen) atoms. The quantitative estimate of drug-likeness (QED) is 0.472. The molecule has 2 saturated carbocycles. The van der Waals surface area contributed by atoms with E-state index in [0.717, 1.165) is 54.5 Å². The van der Waals surface area contributed by atoms with Crippen molar-refractivity contribution in [2.24, 2.45) is 17.3 Å². The number of esters is 1. The number of hydrogen-bond acceptors (Lipinski definition) is 4. The molecule has 0 aliphatic heterocycles. The fourth-order valence-electron chi connectivity index (χ4n) is 4.51. The van der Waals surface area contributed by atoms with Gasteiger partial charge in [-0.05, 0) is 86.6 Å². The van der Waals surface area contributed by atoms with Crippen molar-refractivity contribution in [1.82, 2.24) is 4.98 Å². The number of nitrogens with one attached hydrogen (secondary N) is 1. The zero-order valence-electron chi connectivity index (χ0n) is 18.1. The predicted molar refractivity (Wildman–Crippen MR) is 120 cm³/mol. The molecule has 0 spiro atoms. The molecular formula is C26H32N2O2. The number of rotatable bonds is 7. The van der Waals surface area contributed by atoms with Gasteiger partial charge < -0.3 is 10.1 Å². The Hall–Kier alpha value is -2.49. The van der Waals surface area contributed by atoms with Gasteiger partial charge in [0.1, 0.15) is 0 Å². The van der Waals surface area contributed by atoms with E-state index in [0.29, 0.717) is 12.5 Å². The van der Waals surface area contributed by atoms with Gasteiger partial charge in [-0.15, -0.1) is 0 Å². The van der Waals surface area contributed by atoms with E-state index < -0.39 is 0 Å². The van der Waals surface area contributed by atoms with Gasteiger partial charge >= 0.3 is 5.97 Å². The highest BCUT2D eigenvalue weighted by Gasteiger charge is 2.39. The summed E-state index contributed by atoms with van der Waals surface area (Å²) in [5, 5.41) is 7.90. The lowest BCUT2D eigenvalue weighted by Crippen LogP contribution is -2.26. The molecule has 2 fully saturated rings. The Morgan fingerprint density at radius 3 is 2.67 bits per heavy atom. The third kappa shape index (κ3) is 4.80. The second-order valence-corrected chi connectivity index (χ2v) is 9.53. The summed E-state index contributed by atoms with van der Waals surface area (Å²) in [6.07, 6.45) is 10.6. The van der Waals surface area contributed by atoms with Crippen molar-refractivity contribution in [3.05, 3.63) is 53.3 Å². The monoisotopic (exact) mass is 404 g/mol. The van der Waals surface area contributed by atoms with E-state index in [1.807, 2.05) is 19.2 Å². The average molecular weight is 405 g/mol. The first kappa shape index (κ1) is 20.8. The van der Waals surface area contributed by atoms with E-state index in [1.54, 1.807) is 0 Å². The third-order valence-corrected chi connectivity index (χ3v) is 6.97. The Bertz CT molecular complexity index is 924. The minimum Gasteiger partial charge on any atom is -0.465 e. The Morgan fingerprint density at radius 1 is 1.23 bits per heavy atom. The van der Waals surface area contributed by atoms with Crippen LogP contribution in [0.3, 0.4) is 0 Å². The predicted octanol–water partition coefficient (Wildman–Crippen LogP) is 5.75. The molecule has 1 aromatic heterocycles. The molecule has 1 aromatic carbocycles. The van der Waals surface area contributed by atoms with Crippen LogP contribution in [0.25, 0.3) is 11.1 Å². The van der Waals surface area contributed by atoms with Crippen LogP contribution in [0.4, 0.5) is 0 Å². The van der Waals surface area contributed by atoms with Crippen LogP contribution in [0, 0.1) is 29.6 Å². The number of hydrogen-bond donors (Lipinski definition) is 1. The van der Waals surface area contributed by atoms with Gasteiger partial charge in [-0.2, -0.15) is 0 Å². The van der Waals surface area contributed by atoms with Gasteiger partial charge in [-0.1, -0.05) is 25.1 Å². The second kappa shape index (κ2) is 8.71. The molecule has 4 rings (SSSR count). The van der Waals surface area contributed by atoms with Gasteiger partial charge in [0.2, 0.25) is 0 Å². The van der Waals surface area contributed by atoms with Crippen molar-refractivity contribution < 1.29 is 9.53 Å². The Morgan fingerprint density at radius 2 is 2.00 bits per heavy atom. The molecule has 4 heteroatoms. The standard InChI is InChI=1S/C26H32N2O2/c1-18-24(4-3-13-28-18)22-10-9-21(23(15-22)16-27)14-19-5-7-20(8-6-19)25(29)30-17-26(2)11-12-26/h3-4,9-10,13,15-16,19-20,27H,5-8,11-12,14,17H2,1-2H3. The topological polar surface area (TPSA) is 63.0 Å². The first-order valence-corrected chi connectivity index (χ1v) is 11.2. The van der Waals surface area contributed by atoms with E-state index in [9.17, 15) is 4.79 Å². The molecule has 0 amide bonds. The first-order chi connectivity index (χ1) is 14.5. The molecule has 0 unspecified atom stereocenters. The molecule has 0 bridgehead atoms. The zero-order valence-corrected chi connectivity index (χ0v) is 18.1. The van der Waals surface area contributed by atoms with E-state index in [-0.39, 0.29) is 17.3 Å². The van der Waals surface area contributed by atoms with Crippen LogP contribution in [0.1, 0.15) is 62.3 Å². The van der Waals surface area contributed by atoms with Crippen LogP contribution in [-0.4, -0.2) is 23.8 Å². The summed E-state index contributed by atoms with van der Waals surface area (Å²) in [7, 11) is 0. The van der Waals surface area contributed by atoms with Crippen LogP contribution in [0.2, 0.25) is 0 Å². The first-order valence-electron chi connectivity index (χ1n) is 11.2. The van der Waals surface area contributed by atoms with Crippen LogP contribution in [0.5, 0.6) is 0 Å². The van der Waals surface area contributed by atoms with Crippen LogP contribution >= 0.6 is 0 Å². The lowest BCUT2D eigenvalue weighted by molar-refractivity contribution is -0.151. The molecule has 4 nitrogen and oxygen atoms in total. The second-order valence-electron chi connectivity index (χ2n) is 9.53. The summed E-state index contributed by atoms with van der Waals surface area (Å²) in [6.45, 7) is 4.80. The number of benzene rings is 1. The van der Waals surface area contributed by atoms with Crippen molar-refractivity contribution in [1.29, 1.82) is 5.41 Å². The number of ether oxygens (including phenoxy) is 1. The van der Waals surface area contributed by atoms with E-state index in [2.05, 4.69) is 36.2 Å². The maximum atomic E-state index is 12.4. The van der Waals surface area contributed by atoms with Crippen molar-refractivity contribution in [3.63, 3.8) is 0 Å². The Labute approximate surface area is 179 Å². The summed E-state index contributed by atoms with van der Waals surface area (Å²) >= 11 is 0.